The lowest BCUT2D eigenvalue weighted by Crippen LogP contribution is -2.30. The summed E-state index contributed by atoms with van der Waals surface area (Å²) < 4.78 is 0. The number of amides is 3. The zero-order valence-electron chi connectivity index (χ0n) is 21.9. The van der Waals surface area contributed by atoms with E-state index in [1.54, 1.807) is 24.4 Å². The summed E-state index contributed by atoms with van der Waals surface area (Å²) in [6.07, 6.45) is 4.71. The summed E-state index contributed by atoms with van der Waals surface area (Å²) in [6.45, 7) is 2.32. The van der Waals surface area contributed by atoms with Crippen LogP contribution in [0.15, 0.2) is 54.7 Å². The Morgan fingerprint density at radius 3 is 2.64 bits per heavy atom. The van der Waals surface area contributed by atoms with Gasteiger partial charge in [-0.25, -0.2) is 4.79 Å². The maximum absolute atomic E-state index is 13.4. The SMILES string of the molecule is CC1CCCC(NC(=O)c2ccc(CN)c(C3CC3)c2)c2cc(ccn2)-c2ccc(NC(=O)O)cc2NC1=O. The fourth-order valence-corrected chi connectivity index (χ4v) is 5.15. The molecule has 39 heavy (non-hydrogen) atoms. The van der Waals surface area contributed by atoms with Gasteiger partial charge in [0.05, 0.1) is 17.4 Å². The van der Waals surface area contributed by atoms with E-state index in [4.69, 9.17) is 10.8 Å². The highest BCUT2D eigenvalue weighted by Gasteiger charge is 2.27. The number of rotatable bonds is 5. The molecular formula is C30H33N5O4. The van der Waals surface area contributed by atoms with Crippen LogP contribution >= 0.6 is 0 Å². The molecule has 6 N–H and O–H groups in total. The molecule has 2 aliphatic rings. The van der Waals surface area contributed by atoms with Crippen molar-refractivity contribution in [2.45, 2.75) is 57.5 Å². The molecule has 1 aliphatic carbocycles. The van der Waals surface area contributed by atoms with Gasteiger partial charge in [-0.2, -0.15) is 0 Å². The van der Waals surface area contributed by atoms with E-state index >= 15 is 0 Å². The zero-order valence-corrected chi connectivity index (χ0v) is 21.9. The predicted molar refractivity (Wildman–Crippen MR) is 149 cm³/mol. The van der Waals surface area contributed by atoms with Crippen LogP contribution in [-0.2, 0) is 11.3 Å². The molecule has 9 heteroatoms. The second-order valence-corrected chi connectivity index (χ2v) is 10.4. The Morgan fingerprint density at radius 1 is 1.08 bits per heavy atom. The third-order valence-electron chi connectivity index (χ3n) is 7.51. The minimum absolute atomic E-state index is 0.147. The maximum atomic E-state index is 13.4. The topological polar surface area (TPSA) is 146 Å². The van der Waals surface area contributed by atoms with Gasteiger partial charge in [-0.1, -0.05) is 25.5 Å². The summed E-state index contributed by atoms with van der Waals surface area (Å²) in [5.41, 5.74) is 11.9. The summed E-state index contributed by atoms with van der Waals surface area (Å²) >= 11 is 0. The van der Waals surface area contributed by atoms with Crippen molar-refractivity contribution in [1.82, 2.24) is 10.3 Å². The zero-order chi connectivity index (χ0) is 27.5. The number of nitrogens with two attached hydrogens (primary N) is 1. The maximum Gasteiger partial charge on any atom is 0.409 e. The van der Waals surface area contributed by atoms with E-state index in [0.717, 1.165) is 40.8 Å². The van der Waals surface area contributed by atoms with E-state index in [1.165, 1.54) is 0 Å². The molecule has 2 bridgehead atoms. The minimum atomic E-state index is -1.19. The molecule has 2 unspecified atom stereocenters. The molecule has 9 nitrogen and oxygen atoms in total. The first kappa shape index (κ1) is 26.4. The molecule has 0 saturated heterocycles. The van der Waals surface area contributed by atoms with Gasteiger partial charge >= 0.3 is 6.09 Å². The lowest BCUT2D eigenvalue weighted by molar-refractivity contribution is -0.119. The van der Waals surface area contributed by atoms with E-state index in [9.17, 15) is 14.4 Å². The van der Waals surface area contributed by atoms with Gasteiger partial charge in [0.25, 0.3) is 5.91 Å². The molecule has 1 saturated carbocycles. The first-order chi connectivity index (χ1) is 18.8. The summed E-state index contributed by atoms with van der Waals surface area (Å²) in [5, 5.41) is 17.6. The van der Waals surface area contributed by atoms with Crippen LogP contribution in [0.1, 0.15) is 78.2 Å². The van der Waals surface area contributed by atoms with Crippen molar-refractivity contribution in [2.24, 2.45) is 11.7 Å². The Labute approximate surface area is 227 Å². The van der Waals surface area contributed by atoms with Crippen molar-refractivity contribution in [3.8, 4) is 11.1 Å². The Balaban J connectivity index is 1.48. The molecule has 2 heterocycles. The van der Waals surface area contributed by atoms with Gasteiger partial charge in [0.2, 0.25) is 5.91 Å². The quantitative estimate of drug-likeness (QED) is 0.300. The summed E-state index contributed by atoms with van der Waals surface area (Å²) in [7, 11) is 0. The first-order valence-corrected chi connectivity index (χ1v) is 13.4. The molecule has 3 amide bonds. The lowest BCUT2D eigenvalue weighted by Gasteiger charge is -2.22. The number of nitrogens with one attached hydrogen (secondary N) is 3. The van der Waals surface area contributed by atoms with Crippen LogP contribution in [0.4, 0.5) is 16.2 Å². The highest BCUT2D eigenvalue weighted by atomic mass is 16.4. The fraction of sp³-hybridized carbons (Fsp3) is 0.333. The predicted octanol–water partition coefficient (Wildman–Crippen LogP) is 5.40. The van der Waals surface area contributed by atoms with Crippen molar-refractivity contribution < 1.29 is 19.5 Å². The summed E-state index contributed by atoms with van der Waals surface area (Å²) in [6, 6.07) is 14.2. The first-order valence-electron chi connectivity index (χ1n) is 13.4. The van der Waals surface area contributed by atoms with Gasteiger partial charge in [0, 0.05) is 35.5 Å². The van der Waals surface area contributed by atoms with Crippen molar-refractivity contribution >= 4 is 29.3 Å². The van der Waals surface area contributed by atoms with Crippen LogP contribution in [0.25, 0.3) is 11.1 Å². The van der Waals surface area contributed by atoms with E-state index in [-0.39, 0.29) is 23.8 Å². The summed E-state index contributed by atoms with van der Waals surface area (Å²) in [4.78, 5) is 42.2. The number of aromatic nitrogens is 1. The van der Waals surface area contributed by atoms with E-state index in [1.807, 2.05) is 37.3 Å². The number of hydrogen-bond acceptors (Lipinski definition) is 5. The standard InChI is InChI=1S/C30H33N5O4/c1-17-3-2-4-25(34-29(37)20-7-8-21(16-31)24(13-20)18-5-6-18)27-14-19(11-12-32-27)23-10-9-22(33-30(38)39)15-26(23)35-28(17)36/h7-15,17-18,25,33H,2-6,16,31H2,1H3,(H,34,37)(H,35,36)(H,38,39). The van der Waals surface area contributed by atoms with Crippen LogP contribution in [0.2, 0.25) is 0 Å². The van der Waals surface area contributed by atoms with Crippen molar-refractivity contribution in [3.63, 3.8) is 0 Å². The monoisotopic (exact) mass is 527 g/mol. The fourth-order valence-electron chi connectivity index (χ4n) is 5.15. The van der Waals surface area contributed by atoms with Gasteiger partial charge in [0.1, 0.15) is 0 Å². The van der Waals surface area contributed by atoms with E-state index < -0.39 is 6.09 Å². The van der Waals surface area contributed by atoms with E-state index in [0.29, 0.717) is 48.7 Å². The molecule has 5 rings (SSSR count). The van der Waals surface area contributed by atoms with Gasteiger partial charge in [-0.05, 0) is 84.7 Å². The van der Waals surface area contributed by atoms with Gasteiger partial charge in [-0.15, -0.1) is 0 Å². The molecule has 1 fully saturated rings. The third kappa shape index (κ3) is 6.09. The summed E-state index contributed by atoms with van der Waals surface area (Å²) in [5.74, 6) is -0.108. The second-order valence-electron chi connectivity index (χ2n) is 10.4. The number of carboxylic acid groups (broad SMARTS) is 1. The number of hydrogen-bond donors (Lipinski definition) is 5. The Hall–Kier alpha value is -4.24. The molecule has 3 aromatic rings. The molecule has 0 spiro atoms. The van der Waals surface area contributed by atoms with Crippen molar-refractivity contribution in [2.75, 3.05) is 10.6 Å². The van der Waals surface area contributed by atoms with Gasteiger partial charge in [0.15, 0.2) is 0 Å². The molecular weight excluding hydrogens is 494 g/mol. The van der Waals surface area contributed by atoms with Crippen LogP contribution in [-0.4, -0.2) is 28.0 Å². The number of anilines is 2. The Bertz CT molecular complexity index is 1420. The van der Waals surface area contributed by atoms with Crippen molar-refractivity contribution in [1.29, 1.82) is 0 Å². The molecule has 1 aliphatic heterocycles. The molecule has 0 radical (unpaired) electrons. The Kier molecular flexibility index (Phi) is 7.60. The highest BCUT2D eigenvalue weighted by Crippen LogP contribution is 2.42. The third-order valence-corrected chi connectivity index (χ3v) is 7.51. The number of pyridine rings is 1. The smallest absolute Gasteiger partial charge is 0.409 e. The Morgan fingerprint density at radius 2 is 1.90 bits per heavy atom. The van der Waals surface area contributed by atoms with E-state index in [2.05, 4.69) is 20.9 Å². The number of carbonyl (C=O) groups is 3. The average molecular weight is 528 g/mol. The molecule has 202 valence electrons. The second kappa shape index (κ2) is 11.2. The normalized spacial score (nSPS) is 19.1. The average Bonchev–Trinajstić information content (AvgIpc) is 3.77. The van der Waals surface area contributed by atoms with Crippen LogP contribution < -0.4 is 21.7 Å². The van der Waals surface area contributed by atoms with Crippen molar-refractivity contribution in [3.05, 3.63) is 77.1 Å². The number of fused-ring (bicyclic) bond motifs is 4. The lowest BCUT2D eigenvalue weighted by atomic mass is 9.95. The molecule has 1 aromatic heterocycles. The van der Waals surface area contributed by atoms with Crippen LogP contribution in [0.5, 0.6) is 0 Å². The van der Waals surface area contributed by atoms with Crippen LogP contribution in [0.3, 0.4) is 0 Å². The van der Waals surface area contributed by atoms with Gasteiger partial charge in [-0.3, -0.25) is 19.9 Å². The number of nitrogens with zero attached hydrogens (tertiary/aromatic N) is 1. The minimum Gasteiger partial charge on any atom is -0.465 e. The van der Waals surface area contributed by atoms with Crippen LogP contribution in [0, 0.1) is 5.92 Å². The number of carbonyl (C=O) groups excluding carboxylic acids is 2. The molecule has 2 aromatic carbocycles. The highest BCUT2D eigenvalue weighted by molar-refractivity contribution is 5.98. The largest absolute Gasteiger partial charge is 0.465 e. The molecule has 2 atom stereocenters. The number of benzene rings is 2. The van der Waals surface area contributed by atoms with Gasteiger partial charge < -0.3 is 21.5 Å².